The van der Waals surface area contributed by atoms with Crippen molar-refractivity contribution in [2.75, 3.05) is 7.11 Å². The fourth-order valence-electron chi connectivity index (χ4n) is 2.00. The molecule has 4 heteroatoms. The molecule has 2 rings (SSSR count). The van der Waals surface area contributed by atoms with Gasteiger partial charge in [-0.25, -0.2) is 0 Å². The molecule has 0 bridgehead atoms. The zero-order valence-corrected chi connectivity index (χ0v) is 11.5. The molecule has 106 valence electrons. The van der Waals surface area contributed by atoms with Crippen LogP contribution in [-0.4, -0.2) is 12.2 Å². The van der Waals surface area contributed by atoms with Gasteiger partial charge in [-0.3, -0.25) is 0 Å². The standard InChI is InChI=1S/C16H19NO3/c1-19-15-7-6-12(9-17)8-14(15)11-20-16-5-3-2-4-13(16)10-18/h2-8,18H,9-11,17H2,1H3. The predicted molar refractivity (Wildman–Crippen MR) is 77.6 cm³/mol. The van der Waals surface area contributed by atoms with Crippen molar-refractivity contribution in [3.63, 3.8) is 0 Å². The summed E-state index contributed by atoms with van der Waals surface area (Å²) in [5, 5.41) is 9.28. The highest BCUT2D eigenvalue weighted by Crippen LogP contribution is 2.24. The van der Waals surface area contributed by atoms with E-state index in [1.807, 2.05) is 42.5 Å². The molecule has 0 aliphatic carbocycles. The smallest absolute Gasteiger partial charge is 0.125 e. The summed E-state index contributed by atoms with van der Waals surface area (Å²) in [6.07, 6.45) is 0. The molecule has 0 fully saturated rings. The summed E-state index contributed by atoms with van der Waals surface area (Å²) in [6, 6.07) is 13.2. The minimum atomic E-state index is -0.0455. The van der Waals surface area contributed by atoms with Crippen molar-refractivity contribution in [3.8, 4) is 11.5 Å². The van der Waals surface area contributed by atoms with Gasteiger partial charge in [-0.1, -0.05) is 24.3 Å². The predicted octanol–water partition coefficient (Wildman–Crippen LogP) is 2.23. The first-order valence-corrected chi connectivity index (χ1v) is 6.46. The van der Waals surface area contributed by atoms with Crippen LogP contribution in [0.4, 0.5) is 0 Å². The van der Waals surface area contributed by atoms with Gasteiger partial charge in [0.25, 0.3) is 0 Å². The molecule has 4 nitrogen and oxygen atoms in total. The zero-order valence-electron chi connectivity index (χ0n) is 11.5. The fraction of sp³-hybridized carbons (Fsp3) is 0.250. The van der Waals surface area contributed by atoms with E-state index in [-0.39, 0.29) is 6.61 Å². The van der Waals surface area contributed by atoms with Crippen LogP contribution in [-0.2, 0) is 19.8 Å². The minimum absolute atomic E-state index is 0.0455. The number of benzene rings is 2. The summed E-state index contributed by atoms with van der Waals surface area (Å²) in [5.41, 5.74) is 8.37. The van der Waals surface area contributed by atoms with E-state index in [0.717, 1.165) is 22.4 Å². The Morgan fingerprint density at radius 3 is 2.55 bits per heavy atom. The number of hydrogen-bond donors (Lipinski definition) is 2. The third kappa shape index (κ3) is 3.29. The molecular weight excluding hydrogens is 254 g/mol. The van der Waals surface area contributed by atoms with E-state index in [1.165, 1.54) is 0 Å². The molecule has 2 aromatic carbocycles. The van der Waals surface area contributed by atoms with Gasteiger partial charge in [-0.05, 0) is 23.8 Å². The van der Waals surface area contributed by atoms with Crippen LogP contribution in [0, 0.1) is 0 Å². The van der Waals surface area contributed by atoms with Gasteiger partial charge in [-0.2, -0.15) is 0 Å². The van der Waals surface area contributed by atoms with Crippen molar-refractivity contribution >= 4 is 0 Å². The largest absolute Gasteiger partial charge is 0.496 e. The fourth-order valence-corrected chi connectivity index (χ4v) is 2.00. The van der Waals surface area contributed by atoms with E-state index in [4.69, 9.17) is 15.2 Å². The number of methoxy groups -OCH3 is 1. The highest BCUT2D eigenvalue weighted by molar-refractivity contribution is 5.38. The van der Waals surface area contributed by atoms with Crippen LogP contribution in [0.15, 0.2) is 42.5 Å². The second kappa shape index (κ2) is 6.93. The average Bonchev–Trinajstić information content (AvgIpc) is 2.52. The monoisotopic (exact) mass is 273 g/mol. The van der Waals surface area contributed by atoms with Crippen molar-refractivity contribution < 1.29 is 14.6 Å². The van der Waals surface area contributed by atoms with Crippen molar-refractivity contribution in [1.29, 1.82) is 0 Å². The first-order valence-electron chi connectivity index (χ1n) is 6.46. The van der Waals surface area contributed by atoms with Crippen LogP contribution >= 0.6 is 0 Å². The minimum Gasteiger partial charge on any atom is -0.496 e. The zero-order chi connectivity index (χ0) is 14.4. The lowest BCUT2D eigenvalue weighted by Gasteiger charge is -2.13. The molecule has 0 saturated carbocycles. The maximum Gasteiger partial charge on any atom is 0.125 e. The van der Waals surface area contributed by atoms with Gasteiger partial charge in [-0.15, -0.1) is 0 Å². The van der Waals surface area contributed by atoms with Gasteiger partial charge in [0, 0.05) is 17.7 Å². The maximum atomic E-state index is 9.28. The maximum absolute atomic E-state index is 9.28. The van der Waals surface area contributed by atoms with Gasteiger partial charge in [0.1, 0.15) is 18.1 Å². The first kappa shape index (κ1) is 14.4. The lowest BCUT2D eigenvalue weighted by atomic mass is 10.1. The average molecular weight is 273 g/mol. The summed E-state index contributed by atoms with van der Waals surface area (Å²) >= 11 is 0. The summed E-state index contributed by atoms with van der Waals surface area (Å²) in [7, 11) is 1.63. The van der Waals surface area contributed by atoms with Gasteiger partial charge < -0.3 is 20.3 Å². The van der Waals surface area contributed by atoms with Crippen LogP contribution in [0.5, 0.6) is 11.5 Å². The van der Waals surface area contributed by atoms with Crippen molar-refractivity contribution in [1.82, 2.24) is 0 Å². The van der Waals surface area contributed by atoms with Crippen LogP contribution < -0.4 is 15.2 Å². The van der Waals surface area contributed by atoms with Crippen molar-refractivity contribution in [2.24, 2.45) is 5.73 Å². The molecule has 0 aromatic heterocycles. The normalized spacial score (nSPS) is 10.3. The van der Waals surface area contributed by atoms with Crippen LogP contribution in [0.1, 0.15) is 16.7 Å². The highest BCUT2D eigenvalue weighted by atomic mass is 16.5. The number of aliphatic hydroxyl groups is 1. The molecule has 0 radical (unpaired) electrons. The Labute approximate surface area is 118 Å². The van der Waals surface area contributed by atoms with E-state index in [2.05, 4.69) is 0 Å². The molecular formula is C16H19NO3. The Kier molecular flexibility index (Phi) is 4.98. The van der Waals surface area contributed by atoms with E-state index in [1.54, 1.807) is 7.11 Å². The molecule has 0 spiro atoms. The van der Waals surface area contributed by atoms with Crippen LogP contribution in [0.3, 0.4) is 0 Å². The Balaban J connectivity index is 2.17. The number of ether oxygens (including phenoxy) is 2. The van der Waals surface area contributed by atoms with E-state index >= 15 is 0 Å². The second-order valence-electron chi connectivity index (χ2n) is 4.40. The summed E-state index contributed by atoms with van der Waals surface area (Å²) in [4.78, 5) is 0. The molecule has 2 aromatic rings. The number of rotatable bonds is 6. The summed E-state index contributed by atoms with van der Waals surface area (Å²) in [5.74, 6) is 1.44. The summed E-state index contributed by atoms with van der Waals surface area (Å²) < 4.78 is 11.1. The molecule has 0 saturated heterocycles. The quantitative estimate of drug-likeness (QED) is 0.847. The van der Waals surface area contributed by atoms with Crippen LogP contribution in [0.2, 0.25) is 0 Å². The molecule has 0 heterocycles. The number of hydrogen-bond acceptors (Lipinski definition) is 4. The van der Waals surface area contributed by atoms with Crippen LogP contribution in [0.25, 0.3) is 0 Å². The van der Waals surface area contributed by atoms with Gasteiger partial charge in [0.2, 0.25) is 0 Å². The van der Waals surface area contributed by atoms with Gasteiger partial charge in [0.15, 0.2) is 0 Å². The molecule has 0 amide bonds. The Morgan fingerprint density at radius 2 is 1.85 bits per heavy atom. The third-order valence-electron chi connectivity index (χ3n) is 3.11. The van der Waals surface area contributed by atoms with E-state index in [0.29, 0.717) is 18.9 Å². The molecule has 0 aliphatic heterocycles. The second-order valence-corrected chi connectivity index (χ2v) is 4.40. The first-order chi connectivity index (χ1) is 9.78. The molecule has 0 atom stereocenters. The highest BCUT2D eigenvalue weighted by Gasteiger charge is 2.07. The Morgan fingerprint density at radius 1 is 1.05 bits per heavy atom. The number of para-hydroxylation sites is 1. The van der Waals surface area contributed by atoms with E-state index in [9.17, 15) is 5.11 Å². The molecule has 3 N–H and O–H groups in total. The third-order valence-corrected chi connectivity index (χ3v) is 3.11. The number of aliphatic hydroxyl groups excluding tert-OH is 1. The van der Waals surface area contributed by atoms with Gasteiger partial charge in [0.05, 0.1) is 13.7 Å². The van der Waals surface area contributed by atoms with Crippen molar-refractivity contribution in [2.45, 2.75) is 19.8 Å². The lowest BCUT2D eigenvalue weighted by Crippen LogP contribution is -2.03. The SMILES string of the molecule is COc1ccc(CN)cc1COc1ccccc1CO. The van der Waals surface area contributed by atoms with Gasteiger partial charge >= 0.3 is 0 Å². The Bertz CT molecular complexity index is 569. The lowest BCUT2D eigenvalue weighted by molar-refractivity contribution is 0.257. The number of nitrogens with two attached hydrogens (primary N) is 1. The Hall–Kier alpha value is -2.04. The van der Waals surface area contributed by atoms with Crippen molar-refractivity contribution in [3.05, 3.63) is 59.2 Å². The molecule has 20 heavy (non-hydrogen) atoms. The molecule has 0 aliphatic rings. The topological polar surface area (TPSA) is 64.7 Å². The van der Waals surface area contributed by atoms with E-state index < -0.39 is 0 Å². The molecule has 0 unspecified atom stereocenters. The summed E-state index contributed by atoms with van der Waals surface area (Å²) in [6.45, 7) is 0.800.